The number of halogens is 1. The average molecular weight is 457 g/mol. The quantitative estimate of drug-likeness (QED) is 0.517. The normalized spacial score (nSPS) is 15.8. The summed E-state index contributed by atoms with van der Waals surface area (Å²) in [5.41, 5.74) is 0. The molecule has 3 aromatic rings. The largest absolute Gasteiger partial charge is 1.00 e. The van der Waals surface area contributed by atoms with Crippen molar-refractivity contribution in [3.63, 3.8) is 0 Å². The van der Waals surface area contributed by atoms with Gasteiger partial charge in [-0.2, -0.15) is 0 Å². The van der Waals surface area contributed by atoms with Crippen molar-refractivity contribution in [3.05, 3.63) is 91.0 Å². The van der Waals surface area contributed by atoms with E-state index in [9.17, 15) is 0 Å². The minimum absolute atomic E-state index is 0. The van der Waals surface area contributed by atoms with Gasteiger partial charge in [-0.15, -0.1) is 0 Å². The predicted octanol–water partition coefficient (Wildman–Crippen LogP) is 1.14. The molecular weight excluding hydrogens is 431 g/mol. The number of hydrogen-bond donors (Lipinski definition) is 0. The fourth-order valence-electron chi connectivity index (χ4n) is 3.95. The fraction of sp³-hybridized carbons (Fsp3) is 0.250. The summed E-state index contributed by atoms with van der Waals surface area (Å²) >= 11 is 0. The van der Waals surface area contributed by atoms with Crippen LogP contribution in [-0.4, -0.2) is 25.2 Å². The summed E-state index contributed by atoms with van der Waals surface area (Å²) < 4.78 is 11.9. The van der Waals surface area contributed by atoms with Crippen LogP contribution < -0.4 is 32.9 Å². The molecule has 0 N–H and O–H groups in total. The first-order valence-electron chi connectivity index (χ1n) is 9.56. The second-order valence-corrected chi connectivity index (χ2v) is 10.7. The molecule has 1 aliphatic rings. The molecular formula is C24H26BrO2P. The first-order valence-corrected chi connectivity index (χ1v) is 11.5. The van der Waals surface area contributed by atoms with Crippen molar-refractivity contribution in [2.75, 3.05) is 19.4 Å². The molecule has 146 valence electrons. The van der Waals surface area contributed by atoms with E-state index >= 15 is 0 Å². The van der Waals surface area contributed by atoms with Crippen LogP contribution in [-0.2, 0) is 9.47 Å². The molecule has 0 aromatic heterocycles. The van der Waals surface area contributed by atoms with Gasteiger partial charge in [-0.05, 0) is 43.3 Å². The highest BCUT2D eigenvalue weighted by Gasteiger charge is 2.47. The highest BCUT2D eigenvalue weighted by Crippen LogP contribution is 2.56. The Bertz CT molecular complexity index is 753. The topological polar surface area (TPSA) is 18.5 Å². The van der Waals surface area contributed by atoms with E-state index in [1.54, 1.807) is 0 Å². The van der Waals surface area contributed by atoms with Crippen LogP contribution in [0.2, 0.25) is 0 Å². The summed E-state index contributed by atoms with van der Waals surface area (Å²) in [5, 5.41) is 4.22. The molecule has 0 spiro atoms. The Morgan fingerprint density at radius 2 is 1.04 bits per heavy atom. The van der Waals surface area contributed by atoms with E-state index in [0.717, 1.165) is 12.6 Å². The Kier molecular flexibility index (Phi) is 7.06. The van der Waals surface area contributed by atoms with E-state index in [1.165, 1.54) is 15.9 Å². The zero-order valence-corrected chi connectivity index (χ0v) is 18.6. The van der Waals surface area contributed by atoms with Gasteiger partial charge in [0.2, 0.25) is 0 Å². The highest BCUT2D eigenvalue weighted by atomic mass is 79.9. The zero-order valence-electron chi connectivity index (χ0n) is 16.1. The van der Waals surface area contributed by atoms with Crippen LogP contribution in [0, 0.1) is 0 Å². The van der Waals surface area contributed by atoms with E-state index < -0.39 is 13.0 Å². The van der Waals surface area contributed by atoms with Crippen LogP contribution >= 0.6 is 7.26 Å². The summed E-state index contributed by atoms with van der Waals surface area (Å²) in [7, 11) is -1.81. The van der Waals surface area contributed by atoms with E-state index in [2.05, 4.69) is 97.9 Å². The van der Waals surface area contributed by atoms with Crippen LogP contribution in [0.15, 0.2) is 91.0 Å². The molecule has 0 aliphatic carbocycles. The van der Waals surface area contributed by atoms with Gasteiger partial charge in [-0.1, -0.05) is 54.6 Å². The van der Waals surface area contributed by atoms with Crippen LogP contribution in [0.4, 0.5) is 0 Å². The van der Waals surface area contributed by atoms with Crippen molar-refractivity contribution >= 4 is 23.2 Å². The number of benzene rings is 3. The predicted molar refractivity (Wildman–Crippen MR) is 115 cm³/mol. The van der Waals surface area contributed by atoms with Gasteiger partial charge < -0.3 is 26.5 Å². The highest BCUT2D eigenvalue weighted by molar-refractivity contribution is 7.95. The molecule has 0 saturated carbocycles. The number of rotatable bonds is 6. The Hall–Kier alpha value is -1.51. The Balaban J connectivity index is 0.00000225. The van der Waals surface area contributed by atoms with Gasteiger partial charge in [0.05, 0.1) is 19.4 Å². The van der Waals surface area contributed by atoms with Gasteiger partial charge in [0.15, 0.2) is 5.79 Å². The minimum atomic E-state index is -1.81. The smallest absolute Gasteiger partial charge is 0.169 e. The lowest BCUT2D eigenvalue weighted by Crippen LogP contribution is -3.00. The van der Waals surface area contributed by atoms with Crippen LogP contribution in [0.1, 0.15) is 13.3 Å². The maximum atomic E-state index is 5.94. The van der Waals surface area contributed by atoms with E-state index in [1.807, 2.05) is 0 Å². The lowest BCUT2D eigenvalue weighted by Gasteiger charge is -2.31. The molecule has 4 rings (SSSR count). The van der Waals surface area contributed by atoms with Gasteiger partial charge in [-0.25, -0.2) is 0 Å². The monoisotopic (exact) mass is 456 g/mol. The SMILES string of the molecule is CC1(CC[P+](c2ccccc2)(c2ccccc2)c2ccccc2)OCCO1.[Br-]. The summed E-state index contributed by atoms with van der Waals surface area (Å²) in [4.78, 5) is 0. The lowest BCUT2D eigenvalue weighted by molar-refractivity contribution is -0.142. The second-order valence-electron chi connectivity index (χ2n) is 7.12. The third-order valence-corrected chi connectivity index (χ3v) is 9.82. The second kappa shape index (κ2) is 9.33. The number of hydrogen-bond acceptors (Lipinski definition) is 2. The Labute approximate surface area is 179 Å². The third-order valence-electron chi connectivity index (χ3n) is 5.39. The average Bonchev–Trinajstić information content (AvgIpc) is 3.18. The molecule has 1 saturated heterocycles. The third kappa shape index (κ3) is 4.23. The molecule has 0 unspecified atom stereocenters. The van der Waals surface area contributed by atoms with Crippen LogP contribution in [0.25, 0.3) is 0 Å². The number of ether oxygens (including phenoxy) is 2. The maximum absolute atomic E-state index is 5.94. The first-order chi connectivity index (χ1) is 13.2. The van der Waals surface area contributed by atoms with Gasteiger partial charge in [0.25, 0.3) is 0 Å². The van der Waals surface area contributed by atoms with E-state index in [0.29, 0.717) is 13.2 Å². The Morgan fingerprint density at radius 1 is 0.679 bits per heavy atom. The van der Waals surface area contributed by atoms with Gasteiger partial charge in [0.1, 0.15) is 23.2 Å². The fourth-order valence-corrected chi connectivity index (χ4v) is 8.41. The van der Waals surface area contributed by atoms with Crippen molar-refractivity contribution in [3.8, 4) is 0 Å². The molecule has 28 heavy (non-hydrogen) atoms. The minimum Gasteiger partial charge on any atom is -1.00 e. The van der Waals surface area contributed by atoms with Crippen molar-refractivity contribution in [1.29, 1.82) is 0 Å². The van der Waals surface area contributed by atoms with Gasteiger partial charge in [0, 0.05) is 6.42 Å². The van der Waals surface area contributed by atoms with E-state index in [4.69, 9.17) is 9.47 Å². The summed E-state index contributed by atoms with van der Waals surface area (Å²) in [5.74, 6) is -0.483. The van der Waals surface area contributed by atoms with E-state index in [-0.39, 0.29) is 17.0 Å². The van der Waals surface area contributed by atoms with Gasteiger partial charge >= 0.3 is 0 Å². The summed E-state index contributed by atoms with van der Waals surface area (Å²) in [6.07, 6.45) is 1.89. The molecule has 4 heteroatoms. The molecule has 0 atom stereocenters. The van der Waals surface area contributed by atoms with Crippen molar-refractivity contribution in [2.24, 2.45) is 0 Å². The molecule has 0 radical (unpaired) electrons. The van der Waals surface area contributed by atoms with Crippen LogP contribution in [0.5, 0.6) is 0 Å². The molecule has 0 amide bonds. The molecule has 1 fully saturated rings. The molecule has 3 aromatic carbocycles. The zero-order chi connectivity index (χ0) is 18.6. The molecule has 0 bridgehead atoms. The standard InChI is InChI=1S/C24H26O2P.BrH/c1-24(25-18-19-26-24)17-20-27(21-11-5-2-6-12-21,22-13-7-3-8-14-22)23-15-9-4-10-16-23;/h2-16H,17-20H2,1H3;1H/q+1;/p-1. The summed E-state index contributed by atoms with van der Waals surface area (Å²) in [6, 6.07) is 32.9. The molecule has 1 aliphatic heterocycles. The van der Waals surface area contributed by atoms with Crippen LogP contribution in [0.3, 0.4) is 0 Å². The maximum Gasteiger partial charge on any atom is 0.169 e. The van der Waals surface area contributed by atoms with Crippen molar-refractivity contribution in [2.45, 2.75) is 19.1 Å². The molecule has 1 heterocycles. The van der Waals surface area contributed by atoms with Crippen molar-refractivity contribution < 1.29 is 26.5 Å². The van der Waals surface area contributed by atoms with Crippen molar-refractivity contribution in [1.82, 2.24) is 0 Å². The Morgan fingerprint density at radius 3 is 1.39 bits per heavy atom. The first kappa shape index (κ1) is 21.2. The van der Waals surface area contributed by atoms with Gasteiger partial charge in [-0.3, -0.25) is 0 Å². The lowest BCUT2D eigenvalue weighted by atomic mass is 10.2. The molecule has 2 nitrogen and oxygen atoms in total. The summed E-state index contributed by atoms with van der Waals surface area (Å²) in [6.45, 7) is 3.45.